The number of thioether (sulfide) groups is 1. The van der Waals surface area contributed by atoms with Gasteiger partial charge in [0, 0.05) is 17.5 Å². The Bertz CT molecular complexity index is 373. The fourth-order valence-corrected chi connectivity index (χ4v) is 3.36. The number of nitrogens with one attached hydrogen (secondary N) is 1. The highest BCUT2D eigenvalue weighted by Gasteiger charge is 2.19. The molecule has 1 N–H and O–H groups in total. The van der Waals surface area contributed by atoms with Crippen molar-refractivity contribution in [2.75, 3.05) is 5.75 Å². The fourth-order valence-electron chi connectivity index (χ4n) is 2.37. The van der Waals surface area contributed by atoms with Gasteiger partial charge in [0.1, 0.15) is 0 Å². The highest BCUT2D eigenvalue weighted by molar-refractivity contribution is 7.99. The van der Waals surface area contributed by atoms with Gasteiger partial charge in [-0.15, -0.1) is 11.8 Å². The Hall–Kier alpha value is -0.470. The van der Waals surface area contributed by atoms with Gasteiger partial charge in [-0.05, 0) is 42.7 Å². The third kappa shape index (κ3) is 6.81. The number of unbranched alkanes of at least 4 members (excludes halogenated alkanes) is 5. The average molecular weight is 292 g/mol. The zero-order valence-corrected chi connectivity index (χ0v) is 13.7. The minimum Gasteiger partial charge on any atom is -0.310 e. The van der Waals surface area contributed by atoms with Gasteiger partial charge in [-0.25, -0.2) is 0 Å². The zero-order valence-electron chi connectivity index (χ0n) is 12.9. The summed E-state index contributed by atoms with van der Waals surface area (Å²) in [4.78, 5) is 1.44. The summed E-state index contributed by atoms with van der Waals surface area (Å²) in [5.41, 5.74) is 1.44. The van der Waals surface area contributed by atoms with Crippen molar-refractivity contribution in [3.63, 3.8) is 0 Å². The lowest BCUT2D eigenvalue weighted by Crippen LogP contribution is -2.15. The Balaban J connectivity index is 1.58. The van der Waals surface area contributed by atoms with E-state index in [0.717, 1.165) is 12.6 Å². The molecule has 0 radical (unpaired) electrons. The Morgan fingerprint density at radius 1 is 1.10 bits per heavy atom. The van der Waals surface area contributed by atoms with Gasteiger partial charge >= 0.3 is 0 Å². The topological polar surface area (TPSA) is 12.0 Å². The highest BCUT2D eigenvalue weighted by atomic mass is 32.2. The van der Waals surface area contributed by atoms with E-state index in [1.807, 2.05) is 11.8 Å². The van der Waals surface area contributed by atoms with E-state index in [9.17, 15) is 0 Å². The van der Waals surface area contributed by atoms with Crippen LogP contribution in [0.25, 0.3) is 0 Å². The highest BCUT2D eigenvalue weighted by Crippen LogP contribution is 2.23. The minimum atomic E-state index is 0.800. The predicted octanol–water partition coefficient (Wildman–Crippen LogP) is 5.39. The first-order valence-corrected chi connectivity index (χ1v) is 9.32. The van der Waals surface area contributed by atoms with Crippen molar-refractivity contribution in [3.05, 3.63) is 29.8 Å². The molecule has 1 aliphatic carbocycles. The largest absolute Gasteiger partial charge is 0.310 e. The van der Waals surface area contributed by atoms with E-state index in [1.165, 1.54) is 67.6 Å². The Kier molecular flexibility index (Phi) is 7.53. The van der Waals surface area contributed by atoms with Crippen LogP contribution < -0.4 is 5.32 Å². The van der Waals surface area contributed by atoms with Crippen molar-refractivity contribution in [2.45, 2.75) is 75.8 Å². The van der Waals surface area contributed by atoms with Crippen LogP contribution in [-0.4, -0.2) is 11.8 Å². The quantitative estimate of drug-likeness (QED) is 0.433. The third-order valence-electron chi connectivity index (χ3n) is 3.84. The van der Waals surface area contributed by atoms with Crippen LogP contribution in [0, 0.1) is 0 Å². The van der Waals surface area contributed by atoms with Crippen LogP contribution >= 0.6 is 11.8 Å². The van der Waals surface area contributed by atoms with Crippen LogP contribution in [0.15, 0.2) is 29.2 Å². The van der Waals surface area contributed by atoms with Gasteiger partial charge < -0.3 is 5.32 Å². The minimum absolute atomic E-state index is 0.800. The number of benzene rings is 1. The van der Waals surface area contributed by atoms with Gasteiger partial charge in [0.05, 0.1) is 0 Å². The van der Waals surface area contributed by atoms with E-state index in [2.05, 4.69) is 36.5 Å². The molecule has 0 unspecified atom stereocenters. The van der Waals surface area contributed by atoms with Crippen LogP contribution in [0.3, 0.4) is 0 Å². The Labute approximate surface area is 128 Å². The molecule has 1 saturated carbocycles. The van der Waals surface area contributed by atoms with Gasteiger partial charge in [-0.3, -0.25) is 0 Å². The Morgan fingerprint density at radius 2 is 1.90 bits per heavy atom. The van der Waals surface area contributed by atoms with Crippen molar-refractivity contribution < 1.29 is 0 Å². The van der Waals surface area contributed by atoms with Gasteiger partial charge in [-0.2, -0.15) is 0 Å². The van der Waals surface area contributed by atoms with Crippen LogP contribution in [-0.2, 0) is 6.54 Å². The molecule has 0 spiro atoms. The second-order valence-corrected chi connectivity index (χ2v) is 7.09. The standard InChI is InChI=1S/C18H29NS/c1-2-3-4-5-6-7-13-20-18-10-8-9-16(14-18)15-19-17-11-12-17/h8-10,14,17,19H,2-7,11-13,15H2,1H3. The molecule has 20 heavy (non-hydrogen) atoms. The molecule has 1 nitrogen and oxygen atoms in total. The first kappa shape index (κ1) is 15.9. The van der Waals surface area contributed by atoms with E-state index in [4.69, 9.17) is 0 Å². The average Bonchev–Trinajstić information content (AvgIpc) is 3.29. The van der Waals surface area contributed by atoms with Crippen LogP contribution in [0.1, 0.15) is 63.9 Å². The molecule has 1 aromatic carbocycles. The van der Waals surface area contributed by atoms with Gasteiger partial charge in [-0.1, -0.05) is 51.2 Å². The normalized spacial score (nSPS) is 14.7. The smallest absolute Gasteiger partial charge is 0.0208 e. The number of hydrogen-bond donors (Lipinski definition) is 1. The molecule has 0 aliphatic heterocycles. The van der Waals surface area contributed by atoms with Crippen molar-refractivity contribution >= 4 is 11.8 Å². The maximum atomic E-state index is 3.59. The fraction of sp³-hybridized carbons (Fsp3) is 0.667. The molecule has 2 heteroatoms. The molecule has 0 amide bonds. The maximum absolute atomic E-state index is 3.59. The summed E-state index contributed by atoms with van der Waals surface area (Å²) in [6, 6.07) is 9.85. The van der Waals surface area contributed by atoms with E-state index >= 15 is 0 Å². The molecule has 1 fully saturated rings. The third-order valence-corrected chi connectivity index (χ3v) is 4.92. The van der Waals surface area contributed by atoms with E-state index in [-0.39, 0.29) is 0 Å². The number of hydrogen-bond acceptors (Lipinski definition) is 2. The van der Waals surface area contributed by atoms with E-state index in [1.54, 1.807) is 0 Å². The first-order valence-electron chi connectivity index (χ1n) is 8.33. The molecule has 0 aromatic heterocycles. The SMILES string of the molecule is CCCCCCCCSc1cccc(CNC2CC2)c1. The van der Waals surface area contributed by atoms with Crippen molar-refractivity contribution in [1.29, 1.82) is 0 Å². The molecule has 0 atom stereocenters. The summed E-state index contributed by atoms with van der Waals surface area (Å²) in [7, 11) is 0. The van der Waals surface area contributed by atoms with E-state index < -0.39 is 0 Å². The van der Waals surface area contributed by atoms with Crippen molar-refractivity contribution in [2.24, 2.45) is 0 Å². The van der Waals surface area contributed by atoms with Crippen LogP contribution in [0.5, 0.6) is 0 Å². The summed E-state index contributed by atoms with van der Waals surface area (Å²) in [5.74, 6) is 1.27. The van der Waals surface area contributed by atoms with Gasteiger partial charge in [0.15, 0.2) is 0 Å². The van der Waals surface area contributed by atoms with Crippen molar-refractivity contribution in [1.82, 2.24) is 5.32 Å². The lowest BCUT2D eigenvalue weighted by molar-refractivity contribution is 0.627. The first-order chi connectivity index (χ1) is 9.88. The molecule has 2 rings (SSSR count). The van der Waals surface area contributed by atoms with Gasteiger partial charge in [0.2, 0.25) is 0 Å². The van der Waals surface area contributed by atoms with E-state index in [0.29, 0.717) is 0 Å². The summed E-state index contributed by atoms with van der Waals surface area (Å²) in [6.07, 6.45) is 11.1. The molecule has 0 heterocycles. The lowest BCUT2D eigenvalue weighted by Gasteiger charge is -2.06. The lowest BCUT2D eigenvalue weighted by atomic mass is 10.1. The summed E-state index contributed by atoms with van der Waals surface area (Å²) < 4.78 is 0. The molecular weight excluding hydrogens is 262 g/mol. The van der Waals surface area contributed by atoms with Crippen LogP contribution in [0.2, 0.25) is 0 Å². The number of rotatable bonds is 11. The molecule has 0 bridgehead atoms. The zero-order chi connectivity index (χ0) is 14.0. The van der Waals surface area contributed by atoms with Crippen molar-refractivity contribution in [3.8, 4) is 0 Å². The summed E-state index contributed by atoms with van der Waals surface area (Å²) in [5, 5.41) is 3.59. The maximum Gasteiger partial charge on any atom is 0.0208 e. The molecule has 0 saturated heterocycles. The summed E-state index contributed by atoms with van der Waals surface area (Å²) >= 11 is 2.02. The predicted molar refractivity (Wildman–Crippen MR) is 90.4 cm³/mol. The second kappa shape index (κ2) is 9.46. The monoisotopic (exact) mass is 291 g/mol. The summed E-state index contributed by atoms with van der Waals surface area (Å²) in [6.45, 7) is 3.32. The molecule has 1 aliphatic rings. The molecular formula is C18H29NS. The molecule has 112 valence electrons. The Morgan fingerprint density at radius 3 is 2.70 bits per heavy atom. The second-order valence-electron chi connectivity index (χ2n) is 5.92. The van der Waals surface area contributed by atoms with Crippen LogP contribution in [0.4, 0.5) is 0 Å². The molecule has 1 aromatic rings. The van der Waals surface area contributed by atoms with Gasteiger partial charge in [0.25, 0.3) is 0 Å².